The molecule has 0 saturated carbocycles. The molecule has 30 heavy (non-hydrogen) atoms. The molecule has 0 spiro atoms. The number of nitrogens with one attached hydrogen (secondary N) is 3. The molecule has 0 aliphatic rings. The van der Waals surface area contributed by atoms with Crippen molar-refractivity contribution in [1.82, 2.24) is 20.9 Å². The number of rotatable bonds is 14. The van der Waals surface area contributed by atoms with Gasteiger partial charge in [-0.2, -0.15) is 0 Å². The summed E-state index contributed by atoms with van der Waals surface area (Å²) in [6.45, 7) is 3.97. The van der Waals surface area contributed by atoms with Crippen LogP contribution in [0.5, 0.6) is 0 Å². The molecule has 1 atom stereocenters. The summed E-state index contributed by atoms with van der Waals surface area (Å²) in [5.41, 5.74) is -0.413. The molecule has 1 aromatic rings. The molecular formula is C19H30N4O5S2. The van der Waals surface area contributed by atoms with Crippen LogP contribution in [0.3, 0.4) is 0 Å². The molecule has 3 amide bonds. The van der Waals surface area contributed by atoms with Crippen molar-refractivity contribution in [3.63, 3.8) is 0 Å². The van der Waals surface area contributed by atoms with Gasteiger partial charge in [0.1, 0.15) is 6.10 Å². The summed E-state index contributed by atoms with van der Waals surface area (Å²) in [5.74, 6) is 0.497. The summed E-state index contributed by atoms with van der Waals surface area (Å²) in [6, 6.07) is 3.42. The van der Waals surface area contributed by atoms with Crippen LogP contribution in [0, 0.1) is 5.41 Å². The van der Waals surface area contributed by atoms with Gasteiger partial charge in [0, 0.05) is 55.4 Å². The zero-order valence-electron chi connectivity index (χ0n) is 17.2. The highest BCUT2D eigenvalue weighted by molar-refractivity contribution is 8.76. The number of aliphatic hydroxyl groups excluding tert-OH is 2. The van der Waals surface area contributed by atoms with Crippen molar-refractivity contribution in [2.75, 3.05) is 37.7 Å². The average Bonchev–Trinajstić information content (AvgIpc) is 2.75. The Kier molecular flexibility index (Phi) is 12.4. The number of amides is 3. The fourth-order valence-corrected chi connectivity index (χ4v) is 3.89. The Morgan fingerprint density at radius 1 is 1.10 bits per heavy atom. The number of carbonyl (C=O) groups is 3. The van der Waals surface area contributed by atoms with Gasteiger partial charge in [-0.05, 0) is 12.1 Å². The van der Waals surface area contributed by atoms with Crippen LogP contribution in [-0.4, -0.2) is 76.8 Å². The van der Waals surface area contributed by atoms with Gasteiger partial charge in [-0.1, -0.05) is 35.4 Å². The molecule has 0 saturated heterocycles. The highest BCUT2D eigenvalue weighted by atomic mass is 33.1. The molecule has 0 aromatic carbocycles. The smallest absolute Gasteiger partial charge is 0.252 e. The van der Waals surface area contributed by atoms with E-state index in [1.807, 2.05) is 0 Å². The van der Waals surface area contributed by atoms with Crippen LogP contribution in [-0.2, 0) is 9.59 Å². The van der Waals surface area contributed by atoms with Crippen molar-refractivity contribution in [2.45, 2.75) is 26.4 Å². The summed E-state index contributed by atoms with van der Waals surface area (Å²) in [4.78, 5) is 39.3. The van der Waals surface area contributed by atoms with Crippen molar-refractivity contribution in [2.24, 2.45) is 5.41 Å². The first-order valence-corrected chi connectivity index (χ1v) is 12.0. The normalized spacial score (nSPS) is 12.1. The third kappa shape index (κ3) is 10.3. The zero-order valence-corrected chi connectivity index (χ0v) is 18.9. The molecule has 0 fully saturated rings. The third-order valence-electron chi connectivity index (χ3n) is 4.03. The van der Waals surface area contributed by atoms with Gasteiger partial charge in [0.25, 0.3) is 5.91 Å². The van der Waals surface area contributed by atoms with Crippen LogP contribution >= 0.6 is 21.6 Å². The van der Waals surface area contributed by atoms with Gasteiger partial charge in [-0.3, -0.25) is 19.4 Å². The van der Waals surface area contributed by atoms with Crippen LogP contribution in [0.2, 0.25) is 0 Å². The highest BCUT2D eigenvalue weighted by Gasteiger charge is 2.32. The standard InChI is InChI=1S/C19H30N4O5S2/c1-19(2,13-24)16(26)18(28)22-7-5-15(25)21-8-10-29-30-11-9-23-17(27)14-4-3-6-20-12-14/h3-4,6,12,16,24,26H,5,7-11,13H2,1-2H3,(H,21,25)(H,22,28)(H,23,27). The fourth-order valence-electron chi connectivity index (χ4n) is 2.08. The summed E-state index contributed by atoms with van der Waals surface area (Å²) in [7, 11) is 3.19. The monoisotopic (exact) mass is 458 g/mol. The third-order valence-corrected chi connectivity index (χ3v) is 6.44. The largest absolute Gasteiger partial charge is 0.396 e. The maximum Gasteiger partial charge on any atom is 0.252 e. The van der Waals surface area contributed by atoms with Crippen molar-refractivity contribution < 1.29 is 24.6 Å². The van der Waals surface area contributed by atoms with E-state index >= 15 is 0 Å². The van der Waals surface area contributed by atoms with Gasteiger partial charge in [0.2, 0.25) is 11.8 Å². The molecule has 11 heteroatoms. The van der Waals surface area contributed by atoms with Crippen LogP contribution in [0.4, 0.5) is 0 Å². The molecule has 1 unspecified atom stereocenters. The summed E-state index contributed by atoms with van der Waals surface area (Å²) in [6.07, 6.45) is 1.90. The second kappa shape index (κ2) is 14.2. The van der Waals surface area contributed by atoms with Crippen molar-refractivity contribution in [3.05, 3.63) is 30.1 Å². The minimum Gasteiger partial charge on any atom is -0.396 e. The minimum absolute atomic E-state index is 0.107. The van der Waals surface area contributed by atoms with E-state index in [0.717, 1.165) is 5.75 Å². The molecule has 0 aliphatic carbocycles. The summed E-state index contributed by atoms with van der Waals surface area (Å²) in [5, 5.41) is 27.1. The average molecular weight is 459 g/mol. The van der Waals surface area contributed by atoms with Gasteiger partial charge >= 0.3 is 0 Å². The van der Waals surface area contributed by atoms with Gasteiger partial charge in [0.15, 0.2) is 0 Å². The van der Waals surface area contributed by atoms with E-state index in [1.165, 1.54) is 6.20 Å². The Hall–Kier alpha value is -1.82. The van der Waals surface area contributed by atoms with E-state index in [-0.39, 0.29) is 31.4 Å². The molecule has 9 nitrogen and oxygen atoms in total. The number of hydrogen-bond acceptors (Lipinski definition) is 8. The topological polar surface area (TPSA) is 141 Å². The Morgan fingerprint density at radius 3 is 2.37 bits per heavy atom. The van der Waals surface area contributed by atoms with Gasteiger partial charge in [0.05, 0.1) is 12.2 Å². The second-order valence-electron chi connectivity index (χ2n) is 7.08. The maximum atomic E-state index is 11.8. The van der Waals surface area contributed by atoms with Crippen LogP contribution < -0.4 is 16.0 Å². The molecule has 0 radical (unpaired) electrons. The van der Waals surface area contributed by atoms with Crippen LogP contribution in [0.15, 0.2) is 24.5 Å². The van der Waals surface area contributed by atoms with Gasteiger partial charge in [-0.25, -0.2) is 0 Å². The lowest BCUT2D eigenvalue weighted by Gasteiger charge is -2.27. The van der Waals surface area contributed by atoms with E-state index in [1.54, 1.807) is 53.8 Å². The number of pyridine rings is 1. The lowest BCUT2D eigenvalue weighted by atomic mass is 9.87. The summed E-state index contributed by atoms with van der Waals surface area (Å²) >= 11 is 0. The lowest BCUT2D eigenvalue weighted by molar-refractivity contribution is -0.137. The van der Waals surface area contributed by atoms with Gasteiger partial charge < -0.3 is 26.2 Å². The van der Waals surface area contributed by atoms with E-state index in [9.17, 15) is 19.5 Å². The first kappa shape index (κ1) is 26.2. The molecule has 0 bridgehead atoms. The van der Waals surface area contributed by atoms with Crippen LogP contribution in [0.1, 0.15) is 30.6 Å². The first-order chi connectivity index (χ1) is 14.3. The van der Waals surface area contributed by atoms with Crippen molar-refractivity contribution in [3.8, 4) is 0 Å². The second-order valence-corrected chi connectivity index (χ2v) is 9.78. The zero-order chi connectivity index (χ0) is 22.4. The molecule has 0 aliphatic heterocycles. The molecule has 1 rings (SSSR count). The lowest BCUT2D eigenvalue weighted by Crippen LogP contribution is -2.46. The Morgan fingerprint density at radius 2 is 1.77 bits per heavy atom. The SMILES string of the molecule is CC(C)(CO)C(O)C(=O)NCCC(=O)NCCSSCCNC(=O)c1cccnc1. The molecule has 5 N–H and O–H groups in total. The Balaban J connectivity index is 2.01. The Labute approximate surface area is 184 Å². The molecular weight excluding hydrogens is 428 g/mol. The van der Waals surface area contributed by atoms with E-state index < -0.39 is 17.4 Å². The molecule has 1 heterocycles. The number of aromatic nitrogens is 1. The number of nitrogens with zero attached hydrogens (tertiary/aromatic N) is 1. The van der Waals surface area contributed by atoms with Crippen LogP contribution in [0.25, 0.3) is 0 Å². The van der Waals surface area contributed by atoms with Crippen molar-refractivity contribution >= 4 is 39.3 Å². The predicted molar refractivity (Wildman–Crippen MR) is 119 cm³/mol. The van der Waals surface area contributed by atoms with E-state index in [4.69, 9.17) is 5.11 Å². The van der Waals surface area contributed by atoms with E-state index in [2.05, 4.69) is 20.9 Å². The Bertz CT molecular complexity index is 676. The number of hydrogen-bond donors (Lipinski definition) is 5. The fraction of sp³-hybridized carbons (Fsp3) is 0.579. The number of aliphatic hydroxyl groups is 2. The molecule has 1 aromatic heterocycles. The van der Waals surface area contributed by atoms with E-state index in [0.29, 0.717) is 24.4 Å². The minimum atomic E-state index is -1.34. The number of carbonyl (C=O) groups excluding carboxylic acids is 3. The van der Waals surface area contributed by atoms with Crippen molar-refractivity contribution in [1.29, 1.82) is 0 Å². The molecule has 168 valence electrons. The van der Waals surface area contributed by atoms with Gasteiger partial charge in [-0.15, -0.1) is 0 Å². The predicted octanol–water partition coefficient (Wildman–Crippen LogP) is 0.195. The highest BCUT2D eigenvalue weighted by Crippen LogP contribution is 2.20. The maximum absolute atomic E-state index is 11.8. The first-order valence-electron chi connectivity index (χ1n) is 9.54. The quantitative estimate of drug-likeness (QED) is 0.197. The summed E-state index contributed by atoms with van der Waals surface area (Å²) < 4.78 is 0.